The third kappa shape index (κ3) is 4.55. The van der Waals surface area contributed by atoms with Gasteiger partial charge in [-0.2, -0.15) is 0 Å². The van der Waals surface area contributed by atoms with Crippen LogP contribution in [0.25, 0.3) is 0 Å². The predicted octanol–water partition coefficient (Wildman–Crippen LogP) is 4.19. The van der Waals surface area contributed by atoms with Gasteiger partial charge in [0.15, 0.2) is 0 Å². The maximum Gasteiger partial charge on any atom is 0.0426 e. The topological polar surface area (TPSA) is 15.3 Å². The molecule has 0 fully saturated rings. The molecule has 0 saturated carbocycles. The highest BCUT2D eigenvalue weighted by molar-refractivity contribution is 6.30. The van der Waals surface area contributed by atoms with E-state index in [2.05, 4.69) is 48.5 Å². The molecule has 0 bridgehead atoms. The van der Waals surface area contributed by atoms with E-state index in [0.29, 0.717) is 0 Å². The minimum absolute atomic E-state index is 0.774. The number of anilines is 1. The highest BCUT2D eigenvalue weighted by atomic mass is 35.5. The van der Waals surface area contributed by atoms with Gasteiger partial charge in [0.05, 0.1) is 0 Å². The Morgan fingerprint density at radius 2 is 1.85 bits per heavy atom. The van der Waals surface area contributed by atoms with Crippen LogP contribution in [-0.4, -0.2) is 25.0 Å². The van der Waals surface area contributed by atoms with Crippen LogP contribution in [0.3, 0.4) is 0 Å². The molecule has 2 aromatic carbocycles. The summed E-state index contributed by atoms with van der Waals surface area (Å²) in [5, 5.41) is 4.22. The second-order valence-electron chi connectivity index (χ2n) is 5.11. The summed E-state index contributed by atoms with van der Waals surface area (Å²) in [6.45, 7) is 4.95. The number of rotatable bonds is 6. The fourth-order valence-electron chi connectivity index (χ4n) is 2.14. The predicted molar refractivity (Wildman–Crippen MR) is 87.5 cm³/mol. The van der Waals surface area contributed by atoms with Gasteiger partial charge in [0, 0.05) is 30.3 Å². The number of likely N-dealkylation sites (N-methyl/N-ethyl adjacent to an activating group) is 1. The lowest BCUT2D eigenvalue weighted by Crippen LogP contribution is -2.24. The monoisotopic (exact) mass is 288 g/mol. The Kier molecular flexibility index (Phi) is 5.45. The average molecular weight is 289 g/mol. The van der Waals surface area contributed by atoms with Crippen molar-refractivity contribution in [2.24, 2.45) is 0 Å². The van der Waals surface area contributed by atoms with Crippen LogP contribution in [0, 0.1) is 6.92 Å². The van der Waals surface area contributed by atoms with Crippen molar-refractivity contribution >= 4 is 17.3 Å². The summed E-state index contributed by atoms with van der Waals surface area (Å²) < 4.78 is 0. The molecule has 2 rings (SSSR count). The van der Waals surface area contributed by atoms with Crippen molar-refractivity contribution in [3.63, 3.8) is 0 Å². The first-order valence-electron chi connectivity index (χ1n) is 6.87. The average Bonchev–Trinajstić information content (AvgIpc) is 2.44. The maximum absolute atomic E-state index is 6.02. The zero-order valence-corrected chi connectivity index (χ0v) is 12.8. The Morgan fingerprint density at radius 3 is 2.60 bits per heavy atom. The first-order valence-corrected chi connectivity index (χ1v) is 7.25. The molecule has 0 aliphatic rings. The number of nitrogens with one attached hydrogen (secondary N) is 1. The van der Waals surface area contributed by atoms with E-state index in [9.17, 15) is 0 Å². The molecule has 0 saturated heterocycles. The highest BCUT2D eigenvalue weighted by Crippen LogP contribution is 2.19. The number of hydrogen-bond donors (Lipinski definition) is 1. The summed E-state index contributed by atoms with van der Waals surface area (Å²) in [6.07, 6.45) is 0. The Labute approximate surface area is 126 Å². The molecule has 0 atom stereocenters. The Balaban J connectivity index is 1.79. The van der Waals surface area contributed by atoms with Crippen LogP contribution in [-0.2, 0) is 6.54 Å². The third-order valence-corrected chi connectivity index (χ3v) is 3.54. The Hall–Kier alpha value is -1.51. The van der Waals surface area contributed by atoms with Crippen molar-refractivity contribution in [2.75, 3.05) is 25.5 Å². The van der Waals surface area contributed by atoms with Gasteiger partial charge in [0.1, 0.15) is 0 Å². The van der Waals surface area contributed by atoms with Gasteiger partial charge in [-0.05, 0) is 37.2 Å². The van der Waals surface area contributed by atoms with Crippen LogP contribution in [0.1, 0.15) is 11.1 Å². The van der Waals surface area contributed by atoms with Crippen LogP contribution in [0.4, 0.5) is 5.69 Å². The van der Waals surface area contributed by atoms with Crippen molar-refractivity contribution in [1.82, 2.24) is 4.90 Å². The second-order valence-corrected chi connectivity index (χ2v) is 5.55. The lowest BCUT2D eigenvalue weighted by molar-refractivity contribution is 0.340. The zero-order valence-electron chi connectivity index (χ0n) is 12.1. The Bertz CT molecular complexity index is 540. The van der Waals surface area contributed by atoms with Gasteiger partial charge in [-0.15, -0.1) is 0 Å². The van der Waals surface area contributed by atoms with E-state index < -0.39 is 0 Å². The smallest absolute Gasteiger partial charge is 0.0426 e. The number of nitrogens with zero attached hydrogens (tertiary/aromatic N) is 1. The van der Waals surface area contributed by atoms with Gasteiger partial charge in [-0.1, -0.05) is 48.0 Å². The number of halogens is 1. The van der Waals surface area contributed by atoms with Gasteiger partial charge in [-0.3, -0.25) is 0 Å². The van der Waals surface area contributed by atoms with Gasteiger partial charge >= 0.3 is 0 Å². The minimum Gasteiger partial charge on any atom is -0.384 e. The first-order chi connectivity index (χ1) is 9.65. The summed E-state index contributed by atoms with van der Waals surface area (Å²) in [7, 11) is 2.14. The summed E-state index contributed by atoms with van der Waals surface area (Å²) in [5.41, 5.74) is 3.68. The van der Waals surface area contributed by atoms with Crippen molar-refractivity contribution < 1.29 is 0 Å². The summed E-state index contributed by atoms with van der Waals surface area (Å²) in [4.78, 5) is 2.31. The second kappa shape index (κ2) is 7.32. The van der Waals surface area contributed by atoms with Gasteiger partial charge in [0.2, 0.25) is 0 Å². The molecule has 0 radical (unpaired) electrons. The number of benzene rings is 2. The molecule has 3 heteroatoms. The van der Waals surface area contributed by atoms with E-state index >= 15 is 0 Å². The van der Waals surface area contributed by atoms with Crippen molar-refractivity contribution in [3.05, 3.63) is 64.7 Å². The van der Waals surface area contributed by atoms with Gasteiger partial charge in [0.25, 0.3) is 0 Å². The molecule has 0 heterocycles. The zero-order chi connectivity index (χ0) is 14.4. The molecule has 106 valence electrons. The lowest BCUT2D eigenvalue weighted by atomic mass is 10.2. The molecule has 0 aliphatic heterocycles. The van der Waals surface area contributed by atoms with Crippen LogP contribution >= 0.6 is 11.6 Å². The van der Waals surface area contributed by atoms with Crippen LogP contribution in [0.2, 0.25) is 5.02 Å². The van der Waals surface area contributed by atoms with Gasteiger partial charge in [-0.25, -0.2) is 0 Å². The molecule has 0 unspecified atom stereocenters. The number of aryl methyl sites for hydroxylation is 1. The third-order valence-electron chi connectivity index (χ3n) is 3.30. The molecule has 0 aliphatic carbocycles. The fourth-order valence-corrected chi connectivity index (χ4v) is 2.31. The normalized spacial score (nSPS) is 10.8. The lowest BCUT2D eigenvalue weighted by Gasteiger charge is -2.18. The minimum atomic E-state index is 0.774. The number of hydrogen-bond acceptors (Lipinski definition) is 2. The van der Waals surface area contributed by atoms with E-state index in [0.717, 1.165) is 30.3 Å². The molecule has 2 nitrogen and oxygen atoms in total. The highest BCUT2D eigenvalue weighted by Gasteiger charge is 2.02. The molecule has 20 heavy (non-hydrogen) atoms. The standard InChI is InChI=1S/C17H21ClN2/c1-14-8-9-16(18)12-17(14)19-10-11-20(2)13-15-6-4-3-5-7-15/h3-9,12,19H,10-11,13H2,1-2H3. The van der Waals surface area contributed by atoms with E-state index in [-0.39, 0.29) is 0 Å². The first kappa shape index (κ1) is 14.9. The molecule has 0 amide bonds. The molecule has 1 N–H and O–H groups in total. The SMILES string of the molecule is Cc1ccc(Cl)cc1NCCN(C)Cc1ccccc1. The molecule has 2 aromatic rings. The summed E-state index contributed by atoms with van der Waals surface area (Å²) in [6, 6.07) is 16.5. The van der Waals surface area contributed by atoms with Gasteiger partial charge < -0.3 is 10.2 Å². The maximum atomic E-state index is 6.02. The van der Waals surface area contributed by atoms with E-state index in [4.69, 9.17) is 11.6 Å². The van der Waals surface area contributed by atoms with Crippen LogP contribution in [0.5, 0.6) is 0 Å². The summed E-state index contributed by atoms with van der Waals surface area (Å²) in [5.74, 6) is 0. The molecular formula is C17H21ClN2. The van der Waals surface area contributed by atoms with Crippen LogP contribution in [0.15, 0.2) is 48.5 Å². The van der Waals surface area contributed by atoms with Crippen LogP contribution < -0.4 is 5.32 Å². The van der Waals surface area contributed by atoms with Crippen molar-refractivity contribution in [1.29, 1.82) is 0 Å². The molecule has 0 spiro atoms. The van der Waals surface area contributed by atoms with Crippen molar-refractivity contribution in [3.8, 4) is 0 Å². The Morgan fingerprint density at radius 1 is 1.10 bits per heavy atom. The van der Waals surface area contributed by atoms with E-state index in [1.165, 1.54) is 11.1 Å². The van der Waals surface area contributed by atoms with Crippen molar-refractivity contribution in [2.45, 2.75) is 13.5 Å². The van der Waals surface area contributed by atoms with E-state index in [1.807, 2.05) is 24.3 Å². The molecule has 0 aromatic heterocycles. The quantitative estimate of drug-likeness (QED) is 0.857. The largest absolute Gasteiger partial charge is 0.384 e. The molecular weight excluding hydrogens is 268 g/mol. The fraction of sp³-hybridized carbons (Fsp3) is 0.294. The summed E-state index contributed by atoms with van der Waals surface area (Å²) >= 11 is 6.02. The van der Waals surface area contributed by atoms with E-state index in [1.54, 1.807) is 0 Å².